The van der Waals surface area contributed by atoms with E-state index in [4.69, 9.17) is 0 Å². The Balaban J connectivity index is 2.52. The molecule has 0 aliphatic carbocycles. The third-order valence-corrected chi connectivity index (χ3v) is 8.43. The summed E-state index contributed by atoms with van der Waals surface area (Å²) in [6.07, 6.45) is 1.24. The third kappa shape index (κ3) is 6.18. The van der Waals surface area contributed by atoms with Crippen LogP contribution < -0.4 is 0 Å². The monoisotopic (exact) mass is 654 g/mol. The van der Waals surface area contributed by atoms with Crippen molar-refractivity contribution in [2.75, 3.05) is 0 Å². The van der Waals surface area contributed by atoms with Crippen molar-refractivity contribution in [1.29, 1.82) is 0 Å². The van der Waals surface area contributed by atoms with Crippen molar-refractivity contribution in [3.63, 3.8) is 0 Å². The van der Waals surface area contributed by atoms with Gasteiger partial charge in [0.15, 0.2) is 0 Å². The van der Waals surface area contributed by atoms with Crippen molar-refractivity contribution in [3.05, 3.63) is 35.4 Å². The minimum atomic E-state index is -0.953. The summed E-state index contributed by atoms with van der Waals surface area (Å²) in [4.78, 5) is 0. The first-order valence-corrected chi connectivity index (χ1v) is 17.3. The van der Waals surface area contributed by atoms with Gasteiger partial charge in [0.05, 0.1) is 0 Å². The molecule has 1 aromatic rings. The fourth-order valence-electron chi connectivity index (χ4n) is 1.08. The molecule has 0 fully saturated rings. The zero-order valence-corrected chi connectivity index (χ0v) is 17.1. The lowest BCUT2D eigenvalue weighted by Gasteiger charge is -2.09. The first-order valence-electron chi connectivity index (χ1n) is 4.22. The number of benzene rings is 1. The minimum Gasteiger partial charge on any atom is -0.0909 e. The van der Waals surface area contributed by atoms with Crippen molar-refractivity contribution in [3.8, 4) is 0 Å². The van der Waals surface area contributed by atoms with Crippen LogP contribution in [0.15, 0.2) is 24.3 Å². The van der Waals surface area contributed by atoms with Crippen LogP contribution in [0, 0.1) is 0 Å². The largest absolute Gasteiger partial charge is 0.254 e. The Morgan fingerprint density at radius 2 is 1.43 bits per heavy atom. The highest BCUT2D eigenvalue weighted by molar-refractivity contribution is 14.4. The molecule has 0 unspecified atom stereocenters. The van der Waals surface area contributed by atoms with Gasteiger partial charge in [-0.25, -0.2) is 0 Å². The number of rotatable bonds is 4. The maximum atomic E-state index is 2.63. The van der Waals surface area contributed by atoms with Gasteiger partial charge in [-0.05, 0) is 23.6 Å². The summed E-state index contributed by atoms with van der Waals surface area (Å²) in [6, 6.07) is 10.4. The Morgan fingerprint density at radius 3 is 1.86 bits per heavy atom. The molecular formula is C9H10I4Si. The van der Waals surface area contributed by atoms with E-state index >= 15 is 0 Å². The molecule has 1 aromatic carbocycles. The van der Waals surface area contributed by atoms with E-state index in [1.807, 2.05) is 0 Å². The Bertz CT molecular complexity index is 278. The molecule has 0 bridgehead atoms. The predicted molar refractivity (Wildman–Crippen MR) is 100 cm³/mol. The van der Waals surface area contributed by atoms with E-state index in [1.54, 1.807) is 0 Å². The molecule has 78 valence electrons. The molecule has 0 N–H and O–H groups in total. The average molecular weight is 654 g/mol. The van der Waals surface area contributed by atoms with Gasteiger partial charge in [-0.15, -0.1) is 0 Å². The second kappa shape index (κ2) is 6.94. The van der Waals surface area contributed by atoms with Gasteiger partial charge in [0.25, 0.3) is 0.564 Å². The minimum absolute atomic E-state index is 0.953. The number of aryl methyl sites for hydroxylation is 1. The molecule has 0 radical (unpaired) electrons. The summed E-state index contributed by atoms with van der Waals surface area (Å²) in [5, 5.41) is 0. The van der Waals surface area contributed by atoms with Crippen molar-refractivity contribution < 1.29 is 0 Å². The van der Waals surface area contributed by atoms with Crippen LogP contribution in [0.3, 0.4) is 0 Å². The Kier molecular flexibility index (Phi) is 7.15. The lowest BCUT2D eigenvalue weighted by Crippen LogP contribution is -2.06. The maximum absolute atomic E-state index is 2.63. The second-order valence-corrected chi connectivity index (χ2v) is 40.7. The standard InChI is InChI=1S/C9H10I4Si/c10-7-9-3-1-8(2-4-9)5-6-14(11,12)13/h1-4H,5-7H2. The van der Waals surface area contributed by atoms with Gasteiger partial charge in [-0.1, -0.05) is 112 Å². The van der Waals surface area contributed by atoms with E-state index in [-0.39, 0.29) is 0 Å². The molecule has 5 heteroatoms. The van der Waals surface area contributed by atoms with Gasteiger partial charge < -0.3 is 0 Å². The lowest BCUT2D eigenvalue weighted by atomic mass is 10.1. The smallest absolute Gasteiger partial charge is 0.0909 e. The van der Waals surface area contributed by atoms with E-state index in [9.17, 15) is 0 Å². The van der Waals surface area contributed by atoms with Crippen LogP contribution >= 0.6 is 88.0 Å². The molecule has 0 amide bonds. The molecular weight excluding hydrogens is 644 g/mol. The molecule has 0 aromatic heterocycles. The van der Waals surface area contributed by atoms with Crippen LogP contribution in [-0.2, 0) is 10.8 Å². The van der Waals surface area contributed by atoms with E-state index < -0.39 is 0.564 Å². The Labute approximate surface area is 138 Å². The van der Waals surface area contributed by atoms with Crippen molar-refractivity contribution in [2.24, 2.45) is 0 Å². The van der Waals surface area contributed by atoms with Crippen molar-refractivity contribution in [2.45, 2.75) is 16.9 Å². The van der Waals surface area contributed by atoms with Crippen LogP contribution in [0.25, 0.3) is 0 Å². The van der Waals surface area contributed by atoms with Crippen LogP contribution in [0.4, 0.5) is 0 Å². The average Bonchev–Trinajstić information content (AvgIpc) is 2.14. The van der Waals surface area contributed by atoms with Gasteiger partial charge in [0, 0.05) is 4.43 Å². The zero-order valence-electron chi connectivity index (χ0n) is 7.44. The van der Waals surface area contributed by atoms with Crippen molar-refractivity contribution in [1.82, 2.24) is 0 Å². The maximum Gasteiger partial charge on any atom is 0.254 e. The molecule has 0 nitrogen and oxygen atoms in total. The zero-order chi connectivity index (χ0) is 10.6. The first-order chi connectivity index (χ1) is 6.51. The Hall–Kier alpha value is 2.36. The topological polar surface area (TPSA) is 0 Å². The van der Waals surface area contributed by atoms with Crippen LogP contribution in [0.5, 0.6) is 0 Å². The van der Waals surface area contributed by atoms with Crippen LogP contribution in [-0.4, -0.2) is 0.564 Å². The summed E-state index contributed by atoms with van der Waals surface area (Å²) in [7, 11) is 0. The molecule has 1 rings (SSSR count). The summed E-state index contributed by atoms with van der Waals surface area (Å²) in [6.45, 7) is 0. The lowest BCUT2D eigenvalue weighted by molar-refractivity contribution is 1.13. The summed E-state index contributed by atoms with van der Waals surface area (Å²) in [5.41, 5.74) is 2.91. The summed E-state index contributed by atoms with van der Waals surface area (Å²) < 4.78 is 0.159. The highest BCUT2D eigenvalue weighted by Crippen LogP contribution is 2.34. The van der Waals surface area contributed by atoms with Gasteiger partial charge in [0.2, 0.25) is 0 Å². The molecule has 0 aliphatic rings. The molecule has 0 saturated heterocycles. The van der Waals surface area contributed by atoms with Gasteiger partial charge in [-0.2, -0.15) is 0 Å². The molecule has 0 saturated carbocycles. The Morgan fingerprint density at radius 1 is 0.929 bits per heavy atom. The molecule has 14 heavy (non-hydrogen) atoms. The third-order valence-electron chi connectivity index (χ3n) is 1.87. The van der Waals surface area contributed by atoms with Crippen molar-refractivity contribution >= 4 is 88.5 Å². The molecule has 0 atom stereocenters. The predicted octanol–water partition coefficient (Wildman–Crippen LogP) is 5.41. The number of halogens is 4. The first kappa shape index (κ1) is 14.4. The van der Waals surface area contributed by atoms with E-state index in [2.05, 4.69) is 112 Å². The van der Waals surface area contributed by atoms with Gasteiger partial charge in [0.1, 0.15) is 0 Å². The van der Waals surface area contributed by atoms with Gasteiger partial charge in [-0.3, -0.25) is 0 Å². The van der Waals surface area contributed by atoms with E-state index in [0.29, 0.717) is 0 Å². The summed E-state index contributed by atoms with van der Waals surface area (Å²) >= 11 is 10.3. The molecule has 0 spiro atoms. The van der Waals surface area contributed by atoms with Crippen LogP contribution in [0.1, 0.15) is 11.1 Å². The molecule has 0 heterocycles. The fraction of sp³-hybridized carbons (Fsp3) is 0.333. The van der Waals surface area contributed by atoms with E-state index in [1.165, 1.54) is 23.6 Å². The second-order valence-electron chi connectivity index (χ2n) is 3.07. The SMILES string of the molecule is ICc1ccc(CC[Si](I)(I)I)cc1. The highest BCUT2D eigenvalue weighted by atomic mass is 127. The number of hydrogen-bond donors (Lipinski definition) is 0. The highest BCUT2D eigenvalue weighted by Gasteiger charge is 2.20. The summed E-state index contributed by atoms with van der Waals surface area (Å²) in [5.74, 6) is 0. The van der Waals surface area contributed by atoms with E-state index in [0.717, 1.165) is 4.43 Å². The quantitative estimate of drug-likeness (QED) is 0.177. The fourth-order valence-corrected chi connectivity index (χ4v) is 4.59. The van der Waals surface area contributed by atoms with Crippen LogP contribution in [0.2, 0.25) is 6.04 Å². The normalized spacial score (nSPS) is 11.7. The van der Waals surface area contributed by atoms with Gasteiger partial charge >= 0.3 is 0 Å². The molecule has 0 aliphatic heterocycles. The number of alkyl halides is 1. The number of hydrogen-bond acceptors (Lipinski definition) is 0.